The van der Waals surface area contributed by atoms with E-state index in [1.807, 2.05) is 4.90 Å². The second-order valence-corrected chi connectivity index (χ2v) is 5.09. The molecule has 0 saturated carbocycles. The van der Waals surface area contributed by atoms with Crippen molar-refractivity contribution >= 4 is 22.4 Å². The normalized spacial score (nSPS) is 15.4. The van der Waals surface area contributed by atoms with E-state index in [4.69, 9.17) is 4.42 Å². The van der Waals surface area contributed by atoms with Gasteiger partial charge in [-0.1, -0.05) is 0 Å². The first-order chi connectivity index (χ1) is 10.1. The summed E-state index contributed by atoms with van der Waals surface area (Å²) in [5, 5.41) is 13.5. The van der Waals surface area contributed by atoms with Crippen molar-refractivity contribution in [1.29, 1.82) is 0 Å². The number of piperazine rings is 1. The van der Waals surface area contributed by atoms with Crippen LogP contribution in [-0.2, 0) is 0 Å². The zero-order valence-corrected chi connectivity index (χ0v) is 11.7. The van der Waals surface area contributed by atoms with Gasteiger partial charge in [-0.15, -0.1) is 0 Å². The summed E-state index contributed by atoms with van der Waals surface area (Å²) < 4.78 is 5.19. The van der Waals surface area contributed by atoms with Crippen LogP contribution in [-0.4, -0.2) is 37.1 Å². The fraction of sp³-hybridized carbons (Fsp3) is 0.333. The third-order valence-electron chi connectivity index (χ3n) is 3.65. The van der Waals surface area contributed by atoms with Crippen LogP contribution in [0.2, 0.25) is 0 Å². The van der Waals surface area contributed by atoms with Gasteiger partial charge < -0.3 is 19.7 Å². The summed E-state index contributed by atoms with van der Waals surface area (Å²) in [6, 6.07) is 4.60. The van der Waals surface area contributed by atoms with E-state index in [1.54, 1.807) is 6.07 Å². The van der Waals surface area contributed by atoms with Gasteiger partial charge in [-0.05, 0) is 19.1 Å². The predicted octanol–water partition coefficient (Wildman–Crippen LogP) is 1.11. The molecule has 1 aliphatic heterocycles. The van der Waals surface area contributed by atoms with Crippen LogP contribution in [0.3, 0.4) is 0 Å². The van der Waals surface area contributed by atoms with Gasteiger partial charge in [0.15, 0.2) is 5.78 Å². The maximum absolute atomic E-state index is 12.1. The lowest BCUT2D eigenvalue weighted by Crippen LogP contribution is -2.44. The maximum atomic E-state index is 12.1. The molecule has 1 aliphatic rings. The van der Waals surface area contributed by atoms with Crippen LogP contribution in [0.15, 0.2) is 27.4 Å². The minimum absolute atomic E-state index is 0.0208. The first-order valence-corrected chi connectivity index (χ1v) is 6.84. The van der Waals surface area contributed by atoms with Gasteiger partial charge in [0.1, 0.15) is 16.9 Å². The fourth-order valence-electron chi connectivity index (χ4n) is 2.70. The van der Waals surface area contributed by atoms with Gasteiger partial charge in [-0.2, -0.15) is 0 Å². The van der Waals surface area contributed by atoms with E-state index in [2.05, 4.69) is 5.32 Å². The molecule has 21 heavy (non-hydrogen) atoms. The number of phenols is 1. The van der Waals surface area contributed by atoms with Crippen molar-refractivity contribution in [2.24, 2.45) is 0 Å². The first kappa shape index (κ1) is 13.6. The molecule has 2 aromatic rings. The number of hydrogen-bond donors (Lipinski definition) is 2. The minimum Gasteiger partial charge on any atom is -0.508 e. The van der Waals surface area contributed by atoms with Gasteiger partial charge in [-0.3, -0.25) is 4.79 Å². The Morgan fingerprint density at radius 1 is 1.33 bits per heavy atom. The summed E-state index contributed by atoms with van der Waals surface area (Å²) in [6.07, 6.45) is 0. The second kappa shape index (κ2) is 5.21. The molecule has 0 unspecified atom stereocenters. The monoisotopic (exact) mass is 288 g/mol. The lowest BCUT2D eigenvalue weighted by atomic mass is 10.1. The molecule has 1 saturated heterocycles. The number of fused-ring (bicyclic) bond motifs is 1. The van der Waals surface area contributed by atoms with Crippen LogP contribution < -0.4 is 15.8 Å². The Kier molecular flexibility index (Phi) is 3.39. The summed E-state index contributed by atoms with van der Waals surface area (Å²) in [5.74, 6) is -0.292. The lowest BCUT2D eigenvalue weighted by Gasteiger charge is -2.31. The molecule has 1 aromatic carbocycles. The Labute approximate surface area is 121 Å². The third-order valence-corrected chi connectivity index (χ3v) is 3.65. The Morgan fingerprint density at radius 2 is 2.05 bits per heavy atom. The van der Waals surface area contributed by atoms with Crippen LogP contribution in [0.1, 0.15) is 17.3 Å². The van der Waals surface area contributed by atoms with Crippen LogP contribution in [0.25, 0.3) is 11.0 Å². The number of rotatable bonds is 2. The van der Waals surface area contributed by atoms with Crippen LogP contribution in [0, 0.1) is 0 Å². The van der Waals surface area contributed by atoms with E-state index in [1.165, 1.54) is 19.1 Å². The predicted molar refractivity (Wildman–Crippen MR) is 79.2 cm³/mol. The zero-order valence-electron chi connectivity index (χ0n) is 11.7. The molecular weight excluding hydrogens is 272 g/mol. The zero-order chi connectivity index (χ0) is 15.0. The highest BCUT2D eigenvalue weighted by molar-refractivity contribution is 6.06. The van der Waals surface area contributed by atoms with Crippen molar-refractivity contribution in [1.82, 2.24) is 5.32 Å². The fourth-order valence-corrected chi connectivity index (χ4v) is 2.70. The Hall–Kier alpha value is -2.34. The van der Waals surface area contributed by atoms with Gasteiger partial charge >= 0.3 is 5.63 Å². The van der Waals surface area contributed by atoms with Crippen molar-refractivity contribution in [2.75, 3.05) is 31.1 Å². The highest BCUT2D eigenvalue weighted by atomic mass is 16.4. The van der Waals surface area contributed by atoms with Gasteiger partial charge in [0.2, 0.25) is 0 Å². The highest BCUT2D eigenvalue weighted by Gasteiger charge is 2.24. The molecule has 0 radical (unpaired) electrons. The van der Waals surface area contributed by atoms with E-state index in [-0.39, 0.29) is 17.1 Å². The number of ketones is 1. The van der Waals surface area contributed by atoms with E-state index >= 15 is 0 Å². The molecule has 1 aromatic heterocycles. The number of carbonyl (C=O) groups excluding carboxylic acids is 1. The highest BCUT2D eigenvalue weighted by Crippen LogP contribution is 2.31. The second-order valence-electron chi connectivity index (χ2n) is 5.09. The molecule has 2 heterocycles. The molecule has 3 rings (SSSR count). The van der Waals surface area contributed by atoms with Crippen LogP contribution >= 0.6 is 0 Å². The Balaban J connectivity index is 2.33. The van der Waals surface area contributed by atoms with Gasteiger partial charge in [-0.25, -0.2) is 4.79 Å². The van der Waals surface area contributed by atoms with Crippen molar-refractivity contribution in [3.05, 3.63) is 34.2 Å². The Morgan fingerprint density at radius 3 is 2.71 bits per heavy atom. The molecule has 1 fully saturated rings. The molecule has 0 atom stereocenters. The van der Waals surface area contributed by atoms with Gasteiger partial charge in [0.25, 0.3) is 0 Å². The van der Waals surface area contributed by atoms with Crippen LogP contribution in [0.5, 0.6) is 5.75 Å². The van der Waals surface area contributed by atoms with Crippen molar-refractivity contribution < 1.29 is 14.3 Å². The van der Waals surface area contributed by atoms with Crippen molar-refractivity contribution in [2.45, 2.75) is 6.92 Å². The molecule has 0 bridgehead atoms. The molecular formula is C15H16N2O4. The number of benzene rings is 1. The van der Waals surface area contributed by atoms with Crippen molar-refractivity contribution in [3.8, 4) is 5.75 Å². The number of carbonyl (C=O) groups is 1. The largest absolute Gasteiger partial charge is 0.508 e. The number of hydrogen-bond acceptors (Lipinski definition) is 6. The minimum atomic E-state index is -0.658. The van der Waals surface area contributed by atoms with Gasteiger partial charge in [0, 0.05) is 37.6 Å². The smallest absolute Gasteiger partial charge is 0.349 e. The number of anilines is 1. The lowest BCUT2D eigenvalue weighted by molar-refractivity contribution is 0.101. The van der Waals surface area contributed by atoms with E-state index in [0.29, 0.717) is 29.7 Å². The maximum Gasteiger partial charge on any atom is 0.349 e. The summed E-state index contributed by atoms with van der Waals surface area (Å²) in [6.45, 7) is 4.36. The van der Waals surface area contributed by atoms with Gasteiger partial charge in [0.05, 0.1) is 5.69 Å². The van der Waals surface area contributed by atoms with E-state index in [0.717, 1.165) is 13.1 Å². The summed E-state index contributed by atoms with van der Waals surface area (Å²) in [7, 11) is 0. The average molecular weight is 288 g/mol. The first-order valence-electron chi connectivity index (χ1n) is 6.84. The third kappa shape index (κ3) is 2.38. The standard InChI is InChI=1S/C15H16N2O4/c1-9(18)13-14(17-6-4-16-5-7-17)11-3-2-10(19)8-12(11)21-15(13)20/h2-3,8,16,19H,4-7H2,1H3. The molecule has 110 valence electrons. The average Bonchev–Trinajstić information content (AvgIpc) is 2.46. The molecule has 0 amide bonds. The molecule has 6 nitrogen and oxygen atoms in total. The molecule has 0 spiro atoms. The van der Waals surface area contributed by atoms with Crippen molar-refractivity contribution in [3.63, 3.8) is 0 Å². The number of nitrogens with zero attached hydrogens (tertiary/aromatic N) is 1. The summed E-state index contributed by atoms with van der Waals surface area (Å²) in [4.78, 5) is 26.0. The molecule has 0 aliphatic carbocycles. The molecule has 6 heteroatoms. The number of nitrogens with one attached hydrogen (secondary N) is 1. The van der Waals surface area contributed by atoms with Crippen LogP contribution in [0.4, 0.5) is 5.69 Å². The summed E-state index contributed by atoms with van der Waals surface area (Å²) in [5.41, 5.74) is 0.318. The Bertz CT molecular complexity index is 760. The van der Waals surface area contributed by atoms with E-state index in [9.17, 15) is 14.7 Å². The SMILES string of the molecule is CC(=O)c1c(N2CCNCC2)c2ccc(O)cc2oc1=O. The number of Topliss-reactive ketones (excluding diaryl/α,β-unsaturated/α-hetero) is 1. The number of aromatic hydroxyl groups is 1. The quantitative estimate of drug-likeness (QED) is 0.636. The summed E-state index contributed by atoms with van der Waals surface area (Å²) >= 11 is 0. The van der Waals surface area contributed by atoms with E-state index < -0.39 is 5.63 Å². The topological polar surface area (TPSA) is 82.8 Å². The number of phenolic OH excluding ortho intramolecular Hbond substituents is 1. The molecule has 2 N–H and O–H groups in total.